The van der Waals surface area contributed by atoms with E-state index >= 15 is 0 Å². The van der Waals surface area contributed by atoms with Crippen molar-refractivity contribution >= 4 is 11.8 Å². The molecule has 5 rings (SSSR count). The summed E-state index contributed by atoms with van der Waals surface area (Å²) in [6, 6.07) is 29.5. The van der Waals surface area contributed by atoms with Crippen LogP contribution in [0.2, 0.25) is 0 Å². The molecule has 0 saturated heterocycles. The third kappa shape index (κ3) is 4.88. The number of benzene rings is 3. The highest BCUT2D eigenvalue weighted by Crippen LogP contribution is 2.38. The maximum atomic E-state index is 6.28. The molecular formula is C31H34N2O2. The summed E-state index contributed by atoms with van der Waals surface area (Å²) in [6.45, 7) is 9.94. The molecule has 0 amide bonds. The SMILES string of the molecule is CC(Cc1ccc(C(C)(C)C)cc1)(C1=N[C@@H](c2ccccc2)CO1)C1=N[C@@H](c2ccccc2)CO1. The van der Waals surface area contributed by atoms with Crippen LogP contribution < -0.4 is 0 Å². The fourth-order valence-electron chi connectivity index (χ4n) is 4.82. The van der Waals surface area contributed by atoms with Gasteiger partial charge in [-0.2, -0.15) is 0 Å². The van der Waals surface area contributed by atoms with Crippen molar-refractivity contribution in [3.63, 3.8) is 0 Å². The largest absolute Gasteiger partial charge is 0.478 e. The third-order valence-electron chi connectivity index (χ3n) is 6.99. The highest BCUT2D eigenvalue weighted by Gasteiger charge is 2.45. The summed E-state index contributed by atoms with van der Waals surface area (Å²) < 4.78 is 12.6. The van der Waals surface area contributed by atoms with E-state index < -0.39 is 5.41 Å². The van der Waals surface area contributed by atoms with Gasteiger partial charge in [0.1, 0.15) is 30.7 Å². The molecule has 0 saturated carbocycles. The van der Waals surface area contributed by atoms with E-state index in [4.69, 9.17) is 19.5 Å². The van der Waals surface area contributed by atoms with Gasteiger partial charge in [-0.25, -0.2) is 9.98 Å². The quantitative estimate of drug-likeness (QED) is 0.398. The van der Waals surface area contributed by atoms with Crippen molar-refractivity contribution in [3.8, 4) is 0 Å². The van der Waals surface area contributed by atoms with Crippen molar-refractivity contribution in [1.82, 2.24) is 0 Å². The van der Waals surface area contributed by atoms with Gasteiger partial charge in [0.05, 0.1) is 0 Å². The summed E-state index contributed by atoms with van der Waals surface area (Å²) >= 11 is 0. The van der Waals surface area contributed by atoms with Gasteiger partial charge in [0.25, 0.3) is 0 Å². The van der Waals surface area contributed by atoms with E-state index in [0.717, 1.165) is 11.1 Å². The summed E-state index contributed by atoms with van der Waals surface area (Å²) in [4.78, 5) is 10.1. The van der Waals surface area contributed by atoms with Crippen LogP contribution in [0.25, 0.3) is 0 Å². The van der Waals surface area contributed by atoms with Gasteiger partial charge in [-0.15, -0.1) is 0 Å². The molecular weight excluding hydrogens is 432 g/mol. The Balaban J connectivity index is 1.49. The molecule has 0 aromatic heterocycles. The lowest BCUT2D eigenvalue weighted by Crippen LogP contribution is -2.39. The summed E-state index contributed by atoms with van der Waals surface area (Å²) in [6.07, 6.45) is 0.706. The highest BCUT2D eigenvalue weighted by molar-refractivity contribution is 6.06. The lowest BCUT2D eigenvalue weighted by atomic mass is 9.81. The first-order valence-electron chi connectivity index (χ1n) is 12.4. The Labute approximate surface area is 208 Å². The normalized spacial score (nSPS) is 20.1. The standard InChI is InChI=1S/C31H34N2O2/c1-30(2,3)25-17-15-22(16-18-25)19-31(4,28-32-26(20-34-28)23-11-7-5-8-12-23)29-33-27(21-35-29)24-13-9-6-10-14-24/h5-18,26-27H,19-21H2,1-4H3/t26-,27-/m1/s1. The number of ether oxygens (including phenoxy) is 2. The van der Waals surface area contributed by atoms with Gasteiger partial charge in [-0.05, 0) is 41.0 Å². The Morgan fingerprint density at radius 3 is 1.54 bits per heavy atom. The molecule has 2 heterocycles. The molecule has 0 radical (unpaired) electrons. The Morgan fingerprint density at radius 1 is 0.657 bits per heavy atom. The van der Waals surface area contributed by atoms with Crippen LogP contribution in [0.15, 0.2) is 94.9 Å². The molecule has 0 aliphatic carbocycles. The van der Waals surface area contributed by atoms with E-state index in [9.17, 15) is 0 Å². The second-order valence-electron chi connectivity index (χ2n) is 10.8. The molecule has 35 heavy (non-hydrogen) atoms. The lowest BCUT2D eigenvalue weighted by molar-refractivity contribution is 0.257. The second kappa shape index (κ2) is 9.33. The summed E-state index contributed by atoms with van der Waals surface area (Å²) in [5.74, 6) is 1.41. The van der Waals surface area contributed by atoms with E-state index in [1.807, 2.05) is 36.4 Å². The molecule has 0 bridgehead atoms. The molecule has 0 spiro atoms. The predicted octanol–water partition coefficient (Wildman–Crippen LogP) is 6.87. The minimum atomic E-state index is -0.587. The van der Waals surface area contributed by atoms with Gasteiger partial charge in [0.15, 0.2) is 11.8 Å². The summed E-state index contributed by atoms with van der Waals surface area (Å²) in [5.41, 5.74) is 4.39. The van der Waals surface area contributed by atoms with Crippen molar-refractivity contribution in [2.45, 2.75) is 51.6 Å². The first-order valence-corrected chi connectivity index (χ1v) is 12.4. The first-order chi connectivity index (χ1) is 16.8. The molecule has 2 aliphatic heterocycles. The zero-order chi connectivity index (χ0) is 24.5. The fourth-order valence-corrected chi connectivity index (χ4v) is 4.82. The monoisotopic (exact) mass is 466 g/mol. The molecule has 2 aliphatic rings. The zero-order valence-electron chi connectivity index (χ0n) is 21.1. The summed E-state index contributed by atoms with van der Waals surface area (Å²) in [7, 11) is 0. The molecule has 180 valence electrons. The van der Waals surface area contributed by atoms with Crippen LogP contribution in [0.3, 0.4) is 0 Å². The Bertz CT molecular complexity index is 1140. The van der Waals surface area contributed by atoms with Crippen LogP contribution in [0, 0.1) is 5.41 Å². The van der Waals surface area contributed by atoms with Gasteiger partial charge < -0.3 is 9.47 Å². The maximum absolute atomic E-state index is 6.28. The van der Waals surface area contributed by atoms with Gasteiger partial charge in [0.2, 0.25) is 0 Å². The van der Waals surface area contributed by atoms with E-state index in [1.165, 1.54) is 11.1 Å². The highest BCUT2D eigenvalue weighted by atomic mass is 16.5. The Hall–Kier alpha value is -3.40. The fraction of sp³-hybridized carbons (Fsp3) is 0.355. The van der Waals surface area contributed by atoms with E-state index in [0.29, 0.717) is 31.4 Å². The molecule has 4 heteroatoms. The van der Waals surface area contributed by atoms with Gasteiger partial charge in [-0.3, -0.25) is 0 Å². The average Bonchev–Trinajstić information content (AvgIpc) is 3.56. The van der Waals surface area contributed by atoms with Crippen LogP contribution in [0.5, 0.6) is 0 Å². The smallest absolute Gasteiger partial charge is 0.200 e. The van der Waals surface area contributed by atoms with Crippen LogP contribution in [0.1, 0.15) is 62.0 Å². The molecule has 0 N–H and O–H groups in total. The van der Waals surface area contributed by atoms with Crippen molar-refractivity contribution < 1.29 is 9.47 Å². The zero-order valence-corrected chi connectivity index (χ0v) is 21.1. The van der Waals surface area contributed by atoms with Gasteiger partial charge >= 0.3 is 0 Å². The van der Waals surface area contributed by atoms with Crippen LogP contribution in [-0.4, -0.2) is 25.0 Å². The number of hydrogen-bond donors (Lipinski definition) is 0. The topological polar surface area (TPSA) is 43.2 Å². The van der Waals surface area contributed by atoms with Gasteiger partial charge in [-0.1, -0.05) is 106 Å². The molecule has 0 fully saturated rings. The predicted molar refractivity (Wildman–Crippen MR) is 142 cm³/mol. The molecule has 0 unspecified atom stereocenters. The Kier molecular flexibility index (Phi) is 6.22. The van der Waals surface area contributed by atoms with E-state index in [2.05, 4.69) is 76.2 Å². The Morgan fingerprint density at radius 2 is 1.11 bits per heavy atom. The molecule has 3 aromatic rings. The van der Waals surface area contributed by atoms with Crippen molar-refractivity contribution in [2.24, 2.45) is 15.4 Å². The van der Waals surface area contributed by atoms with Crippen LogP contribution in [0.4, 0.5) is 0 Å². The van der Waals surface area contributed by atoms with Gasteiger partial charge in [0, 0.05) is 0 Å². The minimum absolute atomic E-state index is 0.0132. The van der Waals surface area contributed by atoms with Crippen LogP contribution >= 0.6 is 0 Å². The number of aliphatic imine (C=N–C) groups is 2. The van der Waals surface area contributed by atoms with Crippen molar-refractivity contribution in [2.75, 3.05) is 13.2 Å². The average molecular weight is 467 g/mol. The molecule has 3 aromatic carbocycles. The minimum Gasteiger partial charge on any atom is -0.478 e. The van der Waals surface area contributed by atoms with E-state index in [1.54, 1.807) is 0 Å². The van der Waals surface area contributed by atoms with E-state index in [-0.39, 0.29) is 17.5 Å². The lowest BCUT2D eigenvalue weighted by Gasteiger charge is -2.28. The molecule has 2 atom stereocenters. The second-order valence-corrected chi connectivity index (χ2v) is 10.8. The third-order valence-corrected chi connectivity index (χ3v) is 6.99. The number of nitrogens with zero attached hydrogens (tertiary/aromatic N) is 2. The van der Waals surface area contributed by atoms with Crippen molar-refractivity contribution in [1.29, 1.82) is 0 Å². The van der Waals surface area contributed by atoms with Crippen molar-refractivity contribution in [3.05, 3.63) is 107 Å². The first kappa shape index (κ1) is 23.3. The maximum Gasteiger partial charge on any atom is 0.200 e. The molecule has 4 nitrogen and oxygen atoms in total. The number of rotatable bonds is 6. The van der Waals surface area contributed by atoms with Crippen LogP contribution in [-0.2, 0) is 21.3 Å². The summed E-state index contributed by atoms with van der Waals surface area (Å²) in [5, 5.41) is 0. The number of hydrogen-bond acceptors (Lipinski definition) is 4.